The van der Waals surface area contributed by atoms with Gasteiger partial charge >= 0.3 is 0 Å². The summed E-state index contributed by atoms with van der Waals surface area (Å²) in [4.78, 5) is 30.1. The Morgan fingerprint density at radius 2 is 2.08 bits per heavy atom. The lowest BCUT2D eigenvalue weighted by Gasteiger charge is -2.29. The highest BCUT2D eigenvalue weighted by Gasteiger charge is 2.23. The molecule has 1 aromatic carbocycles. The first-order valence-electron chi connectivity index (χ1n) is 8.19. The standard InChI is InChI=1S/C19H22ClN3O2/c1-4-13(2)23(12-15-6-5-9-21-11-15)19(25)17-8-7-16(10-18(17)20)22-14(3)24/h5-11,13H,4,12H2,1-3H3,(H,22,24)/t13-/m0/s1. The number of carbonyl (C=O) groups is 2. The Balaban J connectivity index is 2.28. The van der Waals surface area contributed by atoms with Gasteiger partial charge in [0.05, 0.1) is 10.6 Å². The molecule has 0 aliphatic carbocycles. The van der Waals surface area contributed by atoms with Crippen molar-refractivity contribution >= 4 is 29.1 Å². The summed E-state index contributed by atoms with van der Waals surface area (Å²) in [5.41, 5.74) is 1.94. The fraction of sp³-hybridized carbons (Fsp3) is 0.316. The highest BCUT2D eigenvalue weighted by atomic mass is 35.5. The van der Waals surface area contributed by atoms with E-state index in [1.807, 2.05) is 26.0 Å². The van der Waals surface area contributed by atoms with E-state index in [-0.39, 0.29) is 17.9 Å². The lowest BCUT2D eigenvalue weighted by Crippen LogP contribution is -2.38. The van der Waals surface area contributed by atoms with Crippen molar-refractivity contribution in [3.8, 4) is 0 Å². The zero-order valence-corrected chi connectivity index (χ0v) is 15.4. The zero-order valence-electron chi connectivity index (χ0n) is 14.6. The second kappa shape index (κ2) is 8.62. The van der Waals surface area contributed by atoms with Gasteiger partial charge in [-0.15, -0.1) is 0 Å². The van der Waals surface area contributed by atoms with Crippen molar-refractivity contribution in [1.29, 1.82) is 0 Å². The largest absolute Gasteiger partial charge is 0.332 e. The van der Waals surface area contributed by atoms with E-state index in [0.29, 0.717) is 22.8 Å². The second-order valence-corrected chi connectivity index (χ2v) is 6.33. The molecule has 2 aromatic rings. The highest BCUT2D eigenvalue weighted by Crippen LogP contribution is 2.24. The van der Waals surface area contributed by atoms with Gasteiger partial charge in [-0.25, -0.2) is 0 Å². The molecule has 0 aliphatic rings. The molecule has 1 heterocycles. The molecule has 6 heteroatoms. The zero-order chi connectivity index (χ0) is 18.4. The predicted molar refractivity (Wildman–Crippen MR) is 99.6 cm³/mol. The third-order valence-corrected chi connectivity index (χ3v) is 4.29. The molecule has 0 aliphatic heterocycles. The summed E-state index contributed by atoms with van der Waals surface area (Å²) in [5, 5.41) is 2.97. The van der Waals surface area contributed by atoms with Crippen LogP contribution in [0.1, 0.15) is 43.1 Å². The maximum atomic E-state index is 13.0. The molecular formula is C19H22ClN3O2. The molecule has 0 bridgehead atoms. The van der Waals surface area contributed by atoms with E-state index in [0.717, 1.165) is 12.0 Å². The Kier molecular flexibility index (Phi) is 6.53. The number of nitrogens with zero attached hydrogens (tertiary/aromatic N) is 2. The molecule has 0 radical (unpaired) electrons. The number of carbonyl (C=O) groups excluding carboxylic acids is 2. The maximum absolute atomic E-state index is 13.0. The van der Waals surface area contributed by atoms with Crippen molar-refractivity contribution in [2.75, 3.05) is 5.32 Å². The number of pyridine rings is 1. The molecule has 5 nitrogen and oxygen atoms in total. The number of hydrogen-bond acceptors (Lipinski definition) is 3. The summed E-state index contributed by atoms with van der Waals surface area (Å²) in [6.45, 7) is 5.93. The minimum absolute atomic E-state index is 0.0544. The normalized spacial score (nSPS) is 11.7. The van der Waals surface area contributed by atoms with E-state index in [2.05, 4.69) is 10.3 Å². The minimum Gasteiger partial charge on any atom is -0.332 e. The van der Waals surface area contributed by atoms with Crippen molar-refractivity contribution in [2.24, 2.45) is 0 Å². The van der Waals surface area contributed by atoms with Crippen molar-refractivity contribution in [2.45, 2.75) is 39.8 Å². The highest BCUT2D eigenvalue weighted by molar-refractivity contribution is 6.34. The number of nitrogens with one attached hydrogen (secondary N) is 1. The molecule has 1 aromatic heterocycles. The molecule has 0 saturated heterocycles. The van der Waals surface area contributed by atoms with Gasteiger partial charge < -0.3 is 10.2 Å². The summed E-state index contributed by atoms with van der Waals surface area (Å²) in [6.07, 6.45) is 4.29. The summed E-state index contributed by atoms with van der Waals surface area (Å²) < 4.78 is 0. The van der Waals surface area contributed by atoms with E-state index >= 15 is 0 Å². The van der Waals surface area contributed by atoms with E-state index in [4.69, 9.17) is 11.6 Å². The lowest BCUT2D eigenvalue weighted by molar-refractivity contribution is -0.114. The van der Waals surface area contributed by atoms with E-state index in [1.165, 1.54) is 6.92 Å². The maximum Gasteiger partial charge on any atom is 0.255 e. The van der Waals surface area contributed by atoms with Gasteiger partial charge in [-0.3, -0.25) is 14.6 Å². The van der Waals surface area contributed by atoms with Gasteiger partial charge in [-0.2, -0.15) is 0 Å². The van der Waals surface area contributed by atoms with Crippen molar-refractivity contribution in [1.82, 2.24) is 9.88 Å². The summed E-state index contributed by atoms with van der Waals surface area (Å²) >= 11 is 6.29. The van der Waals surface area contributed by atoms with Crippen LogP contribution in [0, 0.1) is 0 Å². The van der Waals surface area contributed by atoms with Crippen LogP contribution in [0.15, 0.2) is 42.7 Å². The van der Waals surface area contributed by atoms with Gasteiger partial charge in [-0.1, -0.05) is 24.6 Å². The number of hydrogen-bond donors (Lipinski definition) is 1. The molecule has 1 atom stereocenters. The number of amides is 2. The van der Waals surface area contributed by atoms with Crippen LogP contribution < -0.4 is 5.32 Å². The summed E-state index contributed by atoms with van der Waals surface area (Å²) in [6, 6.07) is 8.77. The van der Waals surface area contributed by atoms with Gasteiger partial charge in [0.1, 0.15) is 0 Å². The van der Waals surface area contributed by atoms with Gasteiger partial charge in [0, 0.05) is 37.6 Å². The van der Waals surface area contributed by atoms with Crippen LogP contribution >= 0.6 is 11.6 Å². The molecule has 0 unspecified atom stereocenters. The van der Waals surface area contributed by atoms with E-state index in [1.54, 1.807) is 35.5 Å². The van der Waals surface area contributed by atoms with Crippen LogP contribution in [-0.2, 0) is 11.3 Å². The topological polar surface area (TPSA) is 62.3 Å². The smallest absolute Gasteiger partial charge is 0.255 e. The quantitative estimate of drug-likeness (QED) is 0.843. The fourth-order valence-electron chi connectivity index (χ4n) is 2.46. The molecule has 1 N–H and O–H groups in total. The third-order valence-electron chi connectivity index (χ3n) is 3.98. The number of benzene rings is 1. The van der Waals surface area contributed by atoms with Crippen molar-refractivity contribution in [3.05, 3.63) is 58.9 Å². The van der Waals surface area contributed by atoms with Crippen LogP contribution in [0.25, 0.3) is 0 Å². The van der Waals surface area contributed by atoms with Crippen LogP contribution in [0.5, 0.6) is 0 Å². The van der Waals surface area contributed by atoms with Crippen LogP contribution in [0.2, 0.25) is 5.02 Å². The van der Waals surface area contributed by atoms with Gasteiger partial charge in [-0.05, 0) is 43.2 Å². The second-order valence-electron chi connectivity index (χ2n) is 5.93. The Morgan fingerprint density at radius 3 is 2.64 bits per heavy atom. The molecule has 132 valence electrons. The predicted octanol–water partition coefficient (Wildman–Crippen LogP) is 4.13. The van der Waals surface area contributed by atoms with Gasteiger partial charge in [0.25, 0.3) is 5.91 Å². The Hall–Kier alpha value is -2.40. The summed E-state index contributed by atoms with van der Waals surface area (Å²) in [7, 11) is 0. The molecule has 25 heavy (non-hydrogen) atoms. The van der Waals surface area contributed by atoms with E-state index in [9.17, 15) is 9.59 Å². The Labute approximate surface area is 153 Å². The summed E-state index contributed by atoms with van der Waals surface area (Å²) in [5.74, 6) is -0.328. The first-order valence-corrected chi connectivity index (χ1v) is 8.57. The number of anilines is 1. The molecule has 0 spiro atoms. The third kappa shape index (κ3) is 5.03. The Bertz CT molecular complexity index is 750. The Morgan fingerprint density at radius 1 is 1.32 bits per heavy atom. The van der Waals surface area contributed by atoms with E-state index < -0.39 is 0 Å². The minimum atomic E-state index is -0.187. The van der Waals surface area contributed by atoms with Gasteiger partial charge in [0.15, 0.2) is 0 Å². The first kappa shape index (κ1) is 18.9. The molecule has 0 saturated carbocycles. The lowest BCUT2D eigenvalue weighted by atomic mass is 10.1. The average molecular weight is 360 g/mol. The molecule has 0 fully saturated rings. The number of aromatic nitrogens is 1. The number of rotatable bonds is 6. The van der Waals surface area contributed by atoms with Gasteiger partial charge in [0.2, 0.25) is 5.91 Å². The van der Waals surface area contributed by atoms with Crippen molar-refractivity contribution in [3.63, 3.8) is 0 Å². The molecule has 2 rings (SSSR count). The van der Waals surface area contributed by atoms with Crippen LogP contribution in [0.3, 0.4) is 0 Å². The molecule has 2 amide bonds. The average Bonchev–Trinajstić information content (AvgIpc) is 2.59. The SMILES string of the molecule is CC[C@H](C)N(Cc1cccnc1)C(=O)c1ccc(NC(C)=O)cc1Cl. The van der Waals surface area contributed by atoms with Crippen LogP contribution in [-0.4, -0.2) is 27.7 Å². The first-order chi connectivity index (χ1) is 11.9. The fourth-order valence-corrected chi connectivity index (χ4v) is 2.72. The number of halogens is 1. The monoisotopic (exact) mass is 359 g/mol. The van der Waals surface area contributed by atoms with Crippen LogP contribution in [0.4, 0.5) is 5.69 Å². The molecular weight excluding hydrogens is 338 g/mol. The van der Waals surface area contributed by atoms with Crippen molar-refractivity contribution < 1.29 is 9.59 Å².